The molecule has 2 aromatic rings. The number of ketones is 1. The lowest BCUT2D eigenvalue weighted by Gasteiger charge is -2.18. The van der Waals surface area contributed by atoms with E-state index in [2.05, 4.69) is 20.1 Å². The molecule has 0 aliphatic carbocycles. The van der Waals surface area contributed by atoms with Crippen LogP contribution < -0.4 is 10.1 Å². The molecule has 24 heavy (non-hydrogen) atoms. The summed E-state index contributed by atoms with van der Waals surface area (Å²) in [5, 5.41) is 6.28. The second kappa shape index (κ2) is 6.73. The summed E-state index contributed by atoms with van der Waals surface area (Å²) in [6, 6.07) is 3.92. The monoisotopic (exact) mass is 338 g/mol. The van der Waals surface area contributed by atoms with Crippen LogP contribution in [0.5, 0.6) is 5.88 Å². The van der Waals surface area contributed by atoms with E-state index < -0.39 is 18.3 Å². The molecule has 0 saturated heterocycles. The molecule has 0 atom stereocenters. The highest BCUT2D eigenvalue weighted by atomic mass is 19.3. The van der Waals surface area contributed by atoms with Gasteiger partial charge >= 0.3 is 6.61 Å². The Hall–Kier alpha value is -2.84. The Morgan fingerprint density at radius 1 is 1.29 bits per heavy atom. The van der Waals surface area contributed by atoms with Crippen LogP contribution in [-0.2, 0) is 10.3 Å². The van der Waals surface area contributed by atoms with Crippen LogP contribution in [0.1, 0.15) is 31.1 Å². The van der Waals surface area contributed by atoms with Crippen molar-refractivity contribution in [3.8, 4) is 5.88 Å². The van der Waals surface area contributed by atoms with Crippen LogP contribution in [0, 0.1) is 0 Å². The summed E-state index contributed by atoms with van der Waals surface area (Å²) in [7, 11) is 0. The second-order valence-corrected chi connectivity index (χ2v) is 5.87. The molecule has 128 valence electrons. The third-order valence-electron chi connectivity index (χ3n) is 2.91. The summed E-state index contributed by atoms with van der Waals surface area (Å²) in [5.74, 6) is -2.21. The van der Waals surface area contributed by atoms with Crippen molar-refractivity contribution in [2.24, 2.45) is 0 Å². The van der Waals surface area contributed by atoms with E-state index >= 15 is 0 Å². The lowest BCUT2D eigenvalue weighted by atomic mass is 10.1. The minimum atomic E-state index is -3.03. The number of nitrogens with zero attached hydrogens (tertiary/aromatic N) is 3. The number of carbonyl (C=O) groups is 2. The molecule has 2 heterocycles. The average Bonchev–Trinajstić information content (AvgIpc) is 2.95. The van der Waals surface area contributed by atoms with Gasteiger partial charge in [-0.1, -0.05) is 6.07 Å². The fourth-order valence-corrected chi connectivity index (χ4v) is 1.75. The zero-order valence-corrected chi connectivity index (χ0v) is 13.3. The standard InChI is InChI=1S/C15H16F2N4O3/c1-15(2,3)21-8-9(7-18-21)12(22)13(23)20-10-5-4-6-11(19-10)24-14(16)17/h4-8,14H,1-3H3,(H,19,20,23). The van der Waals surface area contributed by atoms with Gasteiger partial charge in [-0.25, -0.2) is 0 Å². The minimum absolute atomic E-state index is 0.0743. The Bertz CT molecular complexity index is 753. The third-order valence-corrected chi connectivity index (χ3v) is 2.91. The van der Waals surface area contributed by atoms with E-state index in [0.29, 0.717) is 0 Å². The van der Waals surface area contributed by atoms with E-state index in [0.717, 1.165) is 0 Å². The largest absolute Gasteiger partial charge is 0.417 e. The fraction of sp³-hybridized carbons (Fsp3) is 0.333. The molecule has 0 aliphatic rings. The van der Waals surface area contributed by atoms with E-state index in [-0.39, 0.29) is 22.8 Å². The molecule has 0 aromatic carbocycles. The van der Waals surface area contributed by atoms with Gasteiger partial charge in [0.1, 0.15) is 5.82 Å². The second-order valence-electron chi connectivity index (χ2n) is 5.87. The predicted octanol–water partition coefficient (Wildman–Crippen LogP) is 2.46. The first kappa shape index (κ1) is 17.5. The Morgan fingerprint density at radius 2 is 2.00 bits per heavy atom. The topological polar surface area (TPSA) is 86.1 Å². The zero-order valence-electron chi connectivity index (χ0n) is 13.3. The first-order valence-electron chi connectivity index (χ1n) is 6.99. The van der Waals surface area contributed by atoms with Gasteiger partial charge in [0.15, 0.2) is 0 Å². The SMILES string of the molecule is CC(C)(C)n1cc(C(=O)C(=O)Nc2cccc(OC(F)F)n2)cn1. The normalized spacial score (nSPS) is 11.4. The number of halogens is 2. The highest BCUT2D eigenvalue weighted by Gasteiger charge is 2.22. The molecule has 0 aliphatic heterocycles. The summed E-state index contributed by atoms with van der Waals surface area (Å²) in [4.78, 5) is 27.8. The number of hydrogen-bond donors (Lipinski definition) is 1. The number of anilines is 1. The number of pyridine rings is 1. The summed E-state index contributed by atoms with van der Waals surface area (Å²) in [6.07, 6.45) is 2.75. The molecule has 0 fully saturated rings. The van der Waals surface area contributed by atoms with E-state index in [1.54, 1.807) is 4.68 Å². The maximum absolute atomic E-state index is 12.1. The number of alkyl halides is 2. The van der Waals surface area contributed by atoms with Crippen LogP contribution in [0.4, 0.5) is 14.6 Å². The molecule has 0 unspecified atom stereocenters. The summed E-state index contributed by atoms with van der Waals surface area (Å²) in [6.45, 7) is 2.65. The Balaban J connectivity index is 2.09. The highest BCUT2D eigenvalue weighted by Crippen LogP contribution is 2.16. The number of ether oxygens (including phenoxy) is 1. The van der Waals surface area contributed by atoms with Crippen LogP contribution >= 0.6 is 0 Å². The van der Waals surface area contributed by atoms with E-state index in [1.165, 1.54) is 30.6 Å². The predicted molar refractivity (Wildman–Crippen MR) is 81.1 cm³/mol. The fourth-order valence-electron chi connectivity index (χ4n) is 1.75. The quantitative estimate of drug-likeness (QED) is 0.668. The number of carbonyl (C=O) groups excluding carboxylic acids is 2. The van der Waals surface area contributed by atoms with Crippen LogP contribution in [0.2, 0.25) is 0 Å². The minimum Gasteiger partial charge on any atom is -0.417 e. The van der Waals surface area contributed by atoms with E-state index in [4.69, 9.17) is 0 Å². The van der Waals surface area contributed by atoms with Crippen molar-refractivity contribution >= 4 is 17.5 Å². The lowest BCUT2D eigenvalue weighted by molar-refractivity contribution is -0.112. The van der Waals surface area contributed by atoms with Crippen molar-refractivity contribution in [2.75, 3.05) is 5.32 Å². The molecular weight excluding hydrogens is 322 g/mol. The Morgan fingerprint density at radius 3 is 2.58 bits per heavy atom. The van der Waals surface area contributed by atoms with E-state index in [1.807, 2.05) is 20.8 Å². The number of nitrogens with one attached hydrogen (secondary N) is 1. The molecule has 0 bridgehead atoms. The van der Waals surface area contributed by atoms with Crippen molar-refractivity contribution in [3.63, 3.8) is 0 Å². The molecule has 9 heteroatoms. The van der Waals surface area contributed by atoms with Crippen LogP contribution in [0.25, 0.3) is 0 Å². The van der Waals surface area contributed by atoms with Gasteiger partial charge in [0, 0.05) is 12.3 Å². The highest BCUT2D eigenvalue weighted by molar-refractivity contribution is 6.46. The van der Waals surface area contributed by atoms with Gasteiger partial charge in [-0.05, 0) is 26.8 Å². The van der Waals surface area contributed by atoms with Crippen molar-refractivity contribution in [1.82, 2.24) is 14.8 Å². The van der Waals surface area contributed by atoms with Gasteiger partial charge < -0.3 is 10.1 Å². The molecule has 2 aromatic heterocycles. The van der Waals surface area contributed by atoms with Crippen molar-refractivity contribution in [2.45, 2.75) is 32.9 Å². The first-order valence-corrected chi connectivity index (χ1v) is 6.99. The number of Topliss-reactive ketones (excluding diaryl/α,β-unsaturated/α-hetero) is 1. The van der Waals surface area contributed by atoms with Crippen molar-refractivity contribution in [1.29, 1.82) is 0 Å². The number of rotatable bonds is 5. The van der Waals surface area contributed by atoms with Gasteiger partial charge in [0.2, 0.25) is 5.88 Å². The molecular formula is C15H16F2N4O3. The van der Waals surface area contributed by atoms with Crippen molar-refractivity contribution in [3.05, 3.63) is 36.2 Å². The first-order chi connectivity index (χ1) is 11.2. The van der Waals surface area contributed by atoms with Gasteiger partial charge in [-0.3, -0.25) is 14.3 Å². The average molecular weight is 338 g/mol. The van der Waals surface area contributed by atoms with E-state index in [9.17, 15) is 18.4 Å². The Labute approximate surface area is 136 Å². The molecule has 2 rings (SSSR count). The number of aromatic nitrogens is 3. The molecule has 7 nitrogen and oxygen atoms in total. The van der Waals surface area contributed by atoms with Crippen molar-refractivity contribution < 1.29 is 23.1 Å². The number of amides is 1. The van der Waals surface area contributed by atoms with Crippen LogP contribution in [0.15, 0.2) is 30.6 Å². The smallest absolute Gasteiger partial charge is 0.388 e. The summed E-state index contributed by atoms with van der Waals surface area (Å²) >= 11 is 0. The third kappa shape index (κ3) is 4.34. The maximum Gasteiger partial charge on any atom is 0.388 e. The Kier molecular flexibility index (Phi) is 4.91. The molecule has 0 saturated carbocycles. The molecule has 1 N–H and O–H groups in total. The zero-order chi connectivity index (χ0) is 17.9. The van der Waals surface area contributed by atoms with Gasteiger partial charge in [0.05, 0.1) is 17.3 Å². The summed E-state index contributed by atoms with van der Waals surface area (Å²) < 4.78 is 30.0. The lowest BCUT2D eigenvalue weighted by Crippen LogP contribution is -2.24. The van der Waals surface area contributed by atoms with Gasteiger partial charge in [-0.15, -0.1) is 0 Å². The maximum atomic E-state index is 12.1. The van der Waals surface area contributed by atoms with Gasteiger partial charge in [-0.2, -0.15) is 18.9 Å². The molecule has 0 spiro atoms. The summed E-state index contributed by atoms with van der Waals surface area (Å²) in [5.41, 5.74) is -0.222. The van der Waals surface area contributed by atoms with Gasteiger partial charge in [0.25, 0.3) is 11.7 Å². The van der Waals surface area contributed by atoms with Crippen LogP contribution in [-0.4, -0.2) is 33.1 Å². The van der Waals surface area contributed by atoms with Crippen LogP contribution in [0.3, 0.4) is 0 Å². The molecule has 1 amide bonds. The number of hydrogen-bond acceptors (Lipinski definition) is 5. The molecule has 0 radical (unpaired) electrons.